The number of hydrogen-bond donors (Lipinski definition) is 0. The maximum absolute atomic E-state index is 12.7. The van der Waals surface area contributed by atoms with Crippen LogP contribution in [0.2, 0.25) is 18.1 Å². The summed E-state index contributed by atoms with van der Waals surface area (Å²) < 4.78 is 11.6. The zero-order chi connectivity index (χ0) is 21.5. The molecule has 0 atom stereocenters. The molecule has 0 aromatic rings. The van der Waals surface area contributed by atoms with Crippen molar-refractivity contribution in [3.63, 3.8) is 0 Å². The lowest BCUT2D eigenvalue weighted by atomic mass is 9.79. The summed E-state index contributed by atoms with van der Waals surface area (Å²) in [5.41, 5.74) is 0.0328. The van der Waals surface area contributed by atoms with E-state index in [1.54, 1.807) is 4.90 Å². The molecular formula is C21H38N2O4Si. The van der Waals surface area contributed by atoms with Gasteiger partial charge in [0.05, 0.1) is 6.61 Å². The maximum atomic E-state index is 12.7. The number of amides is 2. The van der Waals surface area contributed by atoms with Crippen molar-refractivity contribution in [3.8, 4) is 0 Å². The van der Waals surface area contributed by atoms with E-state index in [0.29, 0.717) is 38.4 Å². The van der Waals surface area contributed by atoms with E-state index in [4.69, 9.17) is 9.16 Å². The molecule has 2 saturated heterocycles. The van der Waals surface area contributed by atoms with Crippen molar-refractivity contribution in [2.45, 2.75) is 71.7 Å². The second-order valence-corrected chi connectivity index (χ2v) is 15.8. The minimum Gasteiger partial charge on any atom is -0.444 e. The smallest absolute Gasteiger partial charge is 0.410 e. The highest BCUT2D eigenvalue weighted by molar-refractivity contribution is 6.74. The Morgan fingerprint density at radius 1 is 1.04 bits per heavy atom. The Hall–Kier alpha value is -1.34. The number of likely N-dealkylation sites (tertiary alicyclic amines) is 2. The molecule has 2 fully saturated rings. The van der Waals surface area contributed by atoms with Gasteiger partial charge < -0.3 is 19.0 Å². The van der Waals surface area contributed by atoms with Crippen LogP contribution in [0, 0.1) is 5.41 Å². The molecule has 7 heteroatoms. The molecule has 0 aromatic heterocycles. The van der Waals surface area contributed by atoms with Gasteiger partial charge in [-0.3, -0.25) is 4.79 Å². The molecule has 6 nitrogen and oxygen atoms in total. The molecule has 0 aromatic carbocycles. The van der Waals surface area contributed by atoms with Gasteiger partial charge in [0.25, 0.3) is 5.91 Å². The summed E-state index contributed by atoms with van der Waals surface area (Å²) in [4.78, 5) is 28.6. The molecule has 2 aliphatic rings. The van der Waals surface area contributed by atoms with Crippen molar-refractivity contribution in [3.05, 3.63) is 12.2 Å². The molecule has 0 aliphatic carbocycles. The van der Waals surface area contributed by atoms with Gasteiger partial charge >= 0.3 is 6.09 Å². The van der Waals surface area contributed by atoms with Crippen LogP contribution < -0.4 is 0 Å². The van der Waals surface area contributed by atoms with E-state index >= 15 is 0 Å². The summed E-state index contributed by atoms with van der Waals surface area (Å²) in [6.45, 7) is 23.4. The van der Waals surface area contributed by atoms with Gasteiger partial charge in [0.15, 0.2) is 8.32 Å². The molecule has 0 saturated carbocycles. The zero-order valence-electron chi connectivity index (χ0n) is 19.0. The lowest BCUT2D eigenvalue weighted by Gasteiger charge is -2.48. The minimum absolute atomic E-state index is 0.00708. The van der Waals surface area contributed by atoms with Crippen LogP contribution in [0.1, 0.15) is 48.0 Å². The normalized spacial score (nSPS) is 19.6. The molecule has 0 radical (unpaired) electrons. The predicted octanol–water partition coefficient (Wildman–Crippen LogP) is 4.03. The van der Waals surface area contributed by atoms with Gasteiger partial charge in [-0.1, -0.05) is 27.4 Å². The zero-order valence-corrected chi connectivity index (χ0v) is 20.0. The summed E-state index contributed by atoms with van der Waals surface area (Å²) in [5, 5.41) is 0.103. The van der Waals surface area contributed by atoms with Crippen LogP contribution in [0.15, 0.2) is 12.2 Å². The Morgan fingerprint density at radius 3 is 2.07 bits per heavy atom. The summed E-state index contributed by atoms with van der Waals surface area (Å²) in [7, 11) is -1.90. The van der Waals surface area contributed by atoms with Crippen LogP contribution in [-0.4, -0.2) is 68.5 Å². The van der Waals surface area contributed by atoms with Gasteiger partial charge in [-0.05, 0) is 45.3 Å². The summed E-state index contributed by atoms with van der Waals surface area (Å²) in [5.74, 6) is -0.0277. The van der Waals surface area contributed by atoms with Gasteiger partial charge in [0, 0.05) is 37.2 Å². The number of nitrogens with zero attached hydrogens (tertiary/aromatic N) is 2. The Kier molecular flexibility index (Phi) is 6.13. The van der Waals surface area contributed by atoms with E-state index in [1.807, 2.05) is 25.7 Å². The number of carbonyl (C=O) groups excluding carboxylic acids is 2. The first-order valence-corrected chi connectivity index (χ1v) is 13.1. The van der Waals surface area contributed by atoms with Gasteiger partial charge in [-0.2, -0.15) is 0 Å². The van der Waals surface area contributed by atoms with Gasteiger partial charge in [0.1, 0.15) is 5.60 Å². The standard InChI is InChI=1S/C21H38N2O4Si/c1-16(12-26-28(8,9)20(5,6)7)17(24)23-14-21(15-23)10-11-22(13-21)18(25)27-19(2,3)4/h1,10-15H2,2-9H3. The lowest BCUT2D eigenvalue weighted by molar-refractivity contribution is -0.138. The largest absolute Gasteiger partial charge is 0.444 e. The topological polar surface area (TPSA) is 59.1 Å². The number of carbonyl (C=O) groups is 2. The third-order valence-corrected chi connectivity index (χ3v) is 10.6. The lowest BCUT2D eigenvalue weighted by Crippen LogP contribution is -2.60. The van der Waals surface area contributed by atoms with E-state index in [9.17, 15) is 9.59 Å². The average Bonchev–Trinajstić information content (AvgIpc) is 2.93. The average molecular weight is 411 g/mol. The minimum atomic E-state index is -1.90. The fourth-order valence-electron chi connectivity index (χ4n) is 3.35. The van der Waals surface area contributed by atoms with Crippen LogP contribution in [0.25, 0.3) is 0 Å². The van der Waals surface area contributed by atoms with Crippen LogP contribution in [-0.2, 0) is 14.0 Å². The van der Waals surface area contributed by atoms with Crippen molar-refractivity contribution in [1.29, 1.82) is 0 Å². The van der Waals surface area contributed by atoms with Gasteiger partial charge in [-0.15, -0.1) is 0 Å². The predicted molar refractivity (Wildman–Crippen MR) is 114 cm³/mol. The van der Waals surface area contributed by atoms with Crippen LogP contribution >= 0.6 is 0 Å². The third-order valence-electron chi connectivity index (χ3n) is 6.15. The first-order valence-electron chi connectivity index (χ1n) is 10.1. The highest BCUT2D eigenvalue weighted by Crippen LogP contribution is 2.41. The Labute approximate surface area is 171 Å². The quantitative estimate of drug-likeness (QED) is 0.518. The molecule has 2 aliphatic heterocycles. The Balaban J connectivity index is 1.82. The summed E-state index contributed by atoms with van der Waals surface area (Å²) in [6, 6.07) is 0. The highest BCUT2D eigenvalue weighted by Gasteiger charge is 2.51. The van der Waals surface area contributed by atoms with Crippen molar-refractivity contribution in [2.75, 3.05) is 32.8 Å². The molecular weight excluding hydrogens is 372 g/mol. The van der Waals surface area contributed by atoms with Crippen LogP contribution in [0.4, 0.5) is 4.79 Å². The van der Waals surface area contributed by atoms with Crippen LogP contribution in [0.3, 0.4) is 0 Å². The van der Waals surface area contributed by atoms with E-state index < -0.39 is 13.9 Å². The highest BCUT2D eigenvalue weighted by atomic mass is 28.4. The monoisotopic (exact) mass is 410 g/mol. The summed E-state index contributed by atoms with van der Waals surface area (Å²) >= 11 is 0. The van der Waals surface area contributed by atoms with Crippen LogP contribution in [0.5, 0.6) is 0 Å². The molecule has 0 bridgehead atoms. The van der Waals surface area contributed by atoms with E-state index in [-0.39, 0.29) is 22.5 Å². The maximum Gasteiger partial charge on any atom is 0.410 e. The van der Waals surface area contributed by atoms with Crippen molar-refractivity contribution in [1.82, 2.24) is 9.80 Å². The SMILES string of the molecule is C=C(CO[Si](C)(C)C(C)(C)C)C(=O)N1CC2(CCN(C(=O)OC(C)(C)C)C2)C1. The molecule has 160 valence electrons. The summed E-state index contributed by atoms with van der Waals surface area (Å²) in [6.07, 6.45) is 0.643. The Morgan fingerprint density at radius 2 is 1.57 bits per heavy atom. The Bertz CT molecular complexity index is 640. The first kappa shape index (κ1) is 22.9. The number of ether oxygens (including phenoxy) is 1. The van der Waals surface area contributed by atoms with Crippen molar-refractivity contribution < 1.29 is 18.8 Å². The fourth-order valence-corrected chi connectivity index (χ4v) is 4.32. The number of rotatable bonds is 4. The third kappa shape index (κ3) is 5.17. The molecule has 0 unspecified atom stereocenters. The van der Waals surface area contributed by atoms with Gasteiger partial charge in [0.2, 0.25) is 0 Å². The molecule has 0 N–H and O–H groups in total. The molecule has 28 heavy (non-hydrogen) atoms. The fraction of sp³-hybridized carbons (Fsp3) is 0.810. The number of hydrogen-bond acceptors (Lipinski definition) is 4. The van der Waals surface area contributed by atoms with Crippen molar-refractivity contribution >= 4 is 20.3 Å². The van der Waals surface area contributed by atoms with E-state index in [1.165, 1.54) is 0 Å². The molecule has 2 rings (SSSR count). The molecule has 2 amide bonds. The van der Waals surface area contributed by atoms with Gasteiger partial charge in [-0.25, -0.2) is 4.79 Å². The van der Waals surface area contributed by atoms with Crippen molar-refractivity contribution in [2.24, 2.45) is 5.41 Å². The first-order chi connectivity index (χ1) is 12.6. The van der Waals surface area contributed by atoms with E-state index in [0.717, 1.165) is 6.42 Å². The molecule has 2 heterocycles. The van der Waals surface area contributed by atoms with E-state index in [2.05, 4.69) is 40.4 Å². The second-order valence-electron chi connectivity index (χ2n) is 11.0. The molecule has 1 spiro atoms. The second kappa shape index (κ2) is 7.48.